The van der Waals surface area contributed by atoms with Crippen molar-refractivity contribution in [1.29, 1.82) is 0 Å². The molecule has 2 atom stereocenters. The van der Waals surface area contributed by atoms with Gasteiger partial charge in [0, 0.05) is 6.08 Å². The van der Waals surface area contributed by atoms with Crippen molar-refractivity contribution in [2.24, 2.45) is 0 Å². The van der Waals surface area contributed by atoms with Crippen molar-refractivity contribution in [1.82, 2.24) is 4.90 Å². The molecule has 1 saturated heterocycles. The van der Waals surface area contributed by atoms with Crippen LogP contribution in [0.15, 0.2) is 12.2 Å². The van der Waals surface area contributed by atoms with Gasteiger partial charge in [0.1, 0.15) is 5.60 Å². The van der Waals surface area contributed by atoms with Crippen molar-refractivity contribution >= 4 is 12.1 Å². The molecule has 18 heavy (non-hydrogen) atoms. The minimum atomic E-state index is -0.505. The van der Waals surface area contributed by atoms with Gasteiger partial charge in [0.15, 0.2) is 0 Å². The molecule has 1 heterocycles. The van der Waals surface area contributed by atoms with Crippen LogP contribution in [-0.2, 0) is 14.3 Å². The Morgan fingerprint density at radius 2 is 1.94 bits per heavy atom. The topological polar surface area (TPSA) is 55.6 Å². The Morgan fingerprint density at radius 3 is 2.44 bits per heavy atom. The molecule has 5 nitrogen and oxygen atoms in total. The van der Waals surface area contributed by atoms with Gasteiger partial charge < -0.3 is 9.47 Å². The summed E-state index contributed by atoms with van der Waals surface area (Å²) in [7, 11) is 0. The highest BCUT2D eigenvalue weighted by atomic mass is 16.6. The first-order chi connectivity index (χ1) is 8.26. The SMILES string of the molecule is CCOC(=O)/C=C/[C@@H]1[C@@H](C)N1C(=O)OC(C)(C)C. The third kappa shape index (κ3) is 4.05. The maximum absolute atomic E-state index is 11.8. The normalized spacial score (nSPS) is 23.1. The molecule has 0 spiro atoms. The van der Waals surface area contributed by atoms with Gasteiger partial charge in [-0.05, 0) is 34.6 Å². The Hall–Kier alpha value is -1.52. The first-order valence-electron chi connectivity index (χ1n) is 6.12. The van der Waals surface area contributed by atoms with Crippen LogP contribution in [0.4, 0.5) is 4.79 Å². The summed E-state index contributed by atoms with van der Waals surface area (Å²) in [5, 5.41) is 0. The first kappa shape index (κ1) is 14.5. The lowest BCUT2D eigenvalue weighted by Gasteiger charge is -2.19. The average molecular weight is 255 g/mol. The van der Waals surface area contributed by atoms with Crippen LogP contribution in [0.5, 0.6) is 0 Å². The molecule has 0 aromatic heterocycles. The monoisotopic (exact) mass is 255 g/mol. The van der Waals surface area contributed by atoms with Gasteiger partial charge in [-0.25, -0.2) is 9.59 Å². The third-order valence-electron chi connectivity index (χ3n) is 2.48. The van der Waals surface area contributed by atoms with Crippen molar-refractivity contribution in [2.45, 2.75) is 52.3 Å². The molecule has 5 heteroatoms. The Balaban J connectivity index is 2.48. The van der Waals surface area contributed by atoms with E-state index in [1.165, 1.54) is 6.08 Å². The standard InChI is InChI=1S/C13H21NO4/c1-6-17-11(15)8-7-10-9(2)14(10)12(16)18-13(3,4)5/h7-10H,6H2,1-5H3/b8-7+/t9-,10-,14?/m1/s1. The number of carbonyl (C=O) groups is 2. The molecule has 0 aromatic carbocycles. The largest absolute Gasteiger partial charge is 0.463 e. The number of esters is 1. The van der Waals surface area contributed by atoms with E-state index in [2.05, 4.69) is 0 Å². The minimum Gasteiger partial charge on any atom is -0.463 e. The summed E-state index contributed by atoms with van der Waals surface area (Å²) in [5.74, 6) is -0.388. The summed E-state index contributed by atoms with van der Waals surface area (Å²) in [6.45, 7) is 9.47. The second-order valence-electron chi connectivity index (χ2n) is 5.23. The highest BCUT2D eigenvalue weighted by molar-refractivity contribution is 5.82. The number of hydrogen-bond donors (Lipinski definition) is 0. The summed E-state index contributed by atoms with van der Waals surface area (Å²) < 4.78 is 10.0. The van der Waals surface area contributed by atoms with E-state index in [-0.39, 0.29) is 24.1 Å². The van der Waals surface area contributed by atoms with Crippen molar-refractivity contribution < 1.29 is 19.1 Å². The molecule has 0 bridgehead atoms. The fourth-order valence-electron chi connectivity index (χ4n) is 1.60. The quantitative estimate of drug-likeness (QED) is 0.440. The van der Waals surface area contributed by atoms with Gasteiger partial charge in [-0.2, -0.15) is 0 Å². The van der Waals surface area contributed by atoms with Crippen LogP contribution >= 0.6 is 0 Å². The third-order valence-corrected chi connectivity index (χ3v) is 2.48. The summed E-state index contributed by atoms with van der Waals surface area (Å²) >= 11 is 0. The fraction of sp³-hybridized carbons (Fsp3) is 0.692. The van der Waals surface area contributed by atoms with Crippen LogP contribution in [-0.4, -0.2) is 41.3 Å². The van der Waals surface area contributed by atoms with Gasteiger partial charge in [-0.3, -0.25) is 4.90 Å². The molecule has 1 aliphatic rings. The van der Waals surface area contributed by atoms with E-state index in [0.717, 1.165) is 0 Å². The van der Waals surface area contributed by atoms with Crippen molar-refractivity contribution in [3.63, 3.8) is 0 Å². The van der Waals surface area contributed by atoms with E-state index in [9.17, 15) is 9.59 Å². The van der Waals surface area contributed by atoms with E-state index in [4.69, 9.17) is 9.47 Å². The van der Waals surface area contributed by atoms with E-state index in [0.29, 0.717) is 6.61 Å². The highest BCUT2D eigenvalue weighted by Crippen LogP contribution is 2.31. The van der Waals surface area contributed by atoms with E-state index < -0.39 is 5.60 Å². The minimum absolute atomic E-state index is 0.0607. The van der Waals surface area contributed by atoms with Crippen molar-refractivity contribution in [3.05, 3.63) is 12.2 Å². The number of hydrogen-bond acceptors (Lipinski definition) is 4. The van der Waals surface area contributed by atoms with Crippen molar-refractivity contribution in [2.75, 3.05) is 6.61 Å². The second-order valence-corrected chi connectivity index (χ2v) is 5.23. The number of amides is 1. The van der Waals surface area contributed by atoms with Crippen LogP contribution in [0, 0.1) is 0 Å². The van der Waals surface area contributed by atoms with E-state index in [1.807, 2.05) is 27.7 Å². The zero-order valence-electron chi connectivity index (χ0n) is 11.6. The lowest BCUT2D eigenvalue weighted by atomic mass is 10.2. The molecule has 0 radical (unpaired) electrons. The lowest BCUT2D eigenvalue weighted by Crippen LogP contribution is -2.28. The summed E-state index contributed by atoms with van der Waals surface area (Å²) in [4.78, 5) is 24.5. The second kappa shape index (κ2) is 5.42. The number of rotatable bonds is 3. The fourth-order valence-corrected chi connectivity index (χ4v) is 1.60. The van der Waals surface area contributed by atoms with Crippen LogP contribution in [0.25, 0.3) is 0 Å². The molecule has 0 unspecified atom stereocenters. The molecule has 1 rings (SSSR count). The van der Waals surface area contributed by atoms with Crippen LogP contribution in [0.1, 0.15) is 34.6 Å². The zero-order valence-corrected chi connectivity index (χ0v) is 11.6. The Labute approximate surface area is 108 Å². The smallest absolute Gasteiger partial charge is 0.411 e. The highest BCUT2D eigenvalue weighted by Gasteiger charge is 2.47. The molecular formula is C13H21NO4. The first-order valence-corrected chi connectivity index (χ1v) is 6.12. The zero-order chi connectivity index (χ0) is 13.9. The predicted molar refractivity (Wildman–Crippen MR) is 67.1 cm³/mol. The van der Waals surface area contributed by atoms with Gasteiger partial charge in [0.25, 0.3) is 0 Å². The Kier molecular flexibility index (Phi) is 4.38. The average Bonchev–Trinajstić information content (AvgIpc) is 2.84. The van der Waals surface area contributed by atoms with Gasteiger partial charge in [0.05, 0.1) is 18.7 Å². The maximum Gasteiger partial charge on any atom is 0.411 e. The molecular weight excluding hydrogens is 234 g/mol. The Bertz CT molecular complexity index is 356. The van der Waals surface area contributed by atoms with E-state index >= 15 is 0 Å². The van der Waals surface area contributed by atoms with Crippen LogP contribution < -0.4 is 0 Å². The van der Waals surface area contributed by atoms with Crippen LogP contribution in [0.2, 0.25) is 0 Å². The molecule has 1 fully saturated rings. The van der Waals surface area contributed by atoms with Gasteiger partial charge >= 0.3 is 12.1 Å². The summed E-state index contributed by atoms with van der Waals surface area (Å²) in [5.41, 5.74) is -0.505. The predicted octanol–water partition coefficient (Wildman–Crippen LogP) is 2.11. The Morgan fingerprint density at radius 1 is 1.33 bits per heavy atom. The summed E-state index contributed by atoms with van der Waals surface area (Å²) in [6.07, 6.45) is 2.68. The molecule has 0 saturated carbocycles. The van der Waals surface area contributed by atoms with Gasteiger partial charge in [-0.15, -0.1) is 0 Å². The summed E-state index contributed by atoms with van der Waals surface area (Å²) in [6, 6.07) is -0.0187. The van der Waals surface area contributed by atoms with Crippen molar-refractivity contribution in [3.8, 4) is 0 Å². The lowest BCUT2D eigenvalue weighted by molar-refractivity contribution is -0.137. The number of carbonyl (C=O) groups excluding carboxylic acids is 2. The van der Waals surface area contributed by atoms with Gasteiger partial charge in [-0.1, -0.05) is 6.08 Å². The number of ether oxygens (including phenoxy) is 2. The molecule has 102 valence electrons. The number of nitrogens with zero attached hydrogens (tertiary/aromatic N) is 1. The maximum atomic E-state index is 11.8. The molecule has 1 aliphatic heterocycles. The van der Waals surface area contributed by atoms with Gasteiger partial charge in [0.2, 0.25) is 0 Å². The molecule has 0 N–H and O–H groups in total. The van der Waals surface area contributed by atoms with E-state index in [1.54, 1.807) is 17.9 Å². The molecule has 1 amide bonds. The molecule has 0 aromatic rings. The van der Waals surface area contributed by atoms with Crippen LogP contribution in [0.3, 0.4) is 0 Å². The molecule has 0 aliphatic carbocycles.